The average Bonchev–Trinajstić information content (AvgIpc) is 3.68. The molecule has 9 rings (SSSR count). The van der Waals surface area contributed by atoms with Gasteiger partial charge in [0.05, 0.1) is 17.0 Å². The van der Waals surface area contributed by atoms with Gasteiger partial charge in [0.25, 0.3) is 0 Å². The van der Waals surface area contributed by atoms with Gasteiger partial charge in [0.15, 0.2) is 0 Å². The second kappa shape index (κ2) is 8.47. The smallest absolute Gasteiger partial charge is 0.147 e. The number of benzene rings is 6. The molecule has 0 fully saturated rings. The van der Waals surface area contributed by atoms with Crippen molar-refractivity contribution in [3.63, 3.8) is 0 Å². The summed E-state index contributed by atoms with van der Waals surface area (Å²) in [6.45, 7) is 4.61. The summed E-state index contributed by atoms with van der Waals surface area (Å²) in [5, 5.41) is 13.7. The summed E-state index contributed by atoms with van der Waals surface area (Å²) >= 11 is 0. The molecule has 8 aromatic rings. The first-order valence-electron chi connectivity index (χ1n) is 14.6. The van der Waals surface area contributed by atoms with Crippen LogP contribution in [0.2, 0.25) is 0 Å². The van der Waals surface area contributed by atoms with Crippen LogP contribution in [0.4, 0.5) is 0 Å². The molecule has 1 aliphatic carbocycles. The number of nitriles is 1. The maximum Gasteiger partial charge on any atom is 0.147 e. The molecule has 0 aliphatic heterocycles. The van der Waals surface area contributed by atoms with E-state index in [2.05, 4.69) is 92.7 Å². The first-order chi connectivity index (χ1) is 21.0. The van der Waals surface area contributed by atoms with Crippen molar-refractivity contribution in [2.75, 3.05) is 0 Å². The molecule has 3 nitrogen and oxygen atoms in total. The lowest BCUT2D eigenvalue weighted by Gasteiger charge is -2.22. The first kappa shape index (κ1) is 24.1. The van der Waals surface area contributed by atoms with Crippen LogP contribution in [0.3, 0.4) is 0 Å². The molecule has 0 saturated carbocycles. The highest BCUT2D eigenvalue weighted by molar-refractivity contribution is 6.25. The molecule has 202 valence electrons. The Bertz CT molecular complexity index is 2500. The lowest BCUT2D eigenvalue weighted by molar-refractivity contribution is 0.659. The van der Waals surface area contributed by atoms with Gasteiger partial charge < -0.3 is 8.83 Å². The number of fused-ring (bicyclic) bond motifs is 10. The second-order valence-corrected chi connectivity index (χ2v) is 12.0. The Morgan fingerprint density at radius 2 is 1.16 bits per heavy atom. The first-order valence-corrected chi connectivity index (χ1v) is 14.6. The third-order valence-electron chi connectivity index (χ3n) is 9.30. The van der Waals surface area contributed by atoms with Crippen LogP contribution in [0.1, 0.15) is 30.5 Å². The van der Waals surface area contributed by atoms with E-state index in [9.17, 15) is 5.26 Å². The number of nitrogens with zero attached hydrogens (tertiary/aromatic N) is 1. The van der Waals surface area contributed by atoms with Crippen molar-refractivity contribution < 1.29 is 8.83 Å². The maximum absolute atomic E-state index is 9.43. The summed E-state index contributed by atoms with van der Waals surface area (Å²) in [4.78, 5) is 0. The minimum absolute atomic E-state index is 0.205. The van der Waals surface area contributed by atoms with E-state index in [-0.39, 0.29) is 5.41 Å². The molecule has 0 bridgehead atoms. The van der Waals surface area contributed by atoms with Gasteiger partial charge in [-0.05, 0) is 81.4 Å². The third-order valence-corrected chi connectivity index (χ3v) is 9.30. The fourth-order valence-corrected chi connectivity index (χ4v) is 7.13. The van der Waals surface area contributed by atoms with E-state index in [0.717, 1.165) is 66.1 Å². The Kier molecular flexibility index (Phi) is 4.74. The van der Waals surface area contributed by atoms with Crippen molar-refractivity contribution in [3.05, 3.63) is 132 Å². The summed E-state index contributed by atoms with van der Waals surface area (Å²) < 4.78 is 13.0. The van der Waals surface area contributed by atoms with Crippen molar-refractivity contribution in [3.8, 4) is 39.4 Å². The zero-order chi connectivity index (χ0) is 28.9. The molecular formula is C40H25NO2. The molecule has 0 amide bonds. The maximum atomic E-state index is 9.43. The van der Waals surface area contributed by atoms with E-state index in [0.29, 0.717) is 5.56 Å². The highest BCUT2D eigenvalue weighted by atomic mass is 16.3. The molecule has 1 aliphatic rings. The van der Waals surface area contributed by atoms with Crippen LogP contribution >= 0.6 is 0 Å². The Labute approximate surface area is 248 Å². The average molecular weight is 552 g/mol. The molecule has 0 saturated heterocycles. The number of rotatable bonds is 2. The topological polar surface area (TPSA) is 50.1 Å². The van der Waals surface area contributed by atoms with E-state index in [1.54, 1.807) is 0 Å². The van der Waals surface area contributed by atoms with Crippen molar-refractivity contribution in [1.82, 2.24) is 0 Å². The van der Waals surface area contributed by atoms with Crippen LogP contribution in [-0.2, 0) is 5.41 Å². The SMILES string of the molecule is CC1(C)c2cc(-c3cccc(C#N)c3)ccc2-c2ccc(-c3cc4c5ccccc5oc4c4c3oc3ccccc34)cc21. The molecule has 6 aromatic carbocycles. The number of para-hydroxylation sites is 2. The molecule has 43 heavy (non-hydrogen) atoms. The van der Waals surface area contributed by atoms with E-state index < -0.39 is 0 Å². The highest BCUT2D eigenvalue weighted by Gasteiger charge is 2.36. The Morgan fingerprint density at radius 1 is 0.535 bits per heavy atom. The van der Waals surface area contributed by atoms with Gasteiger partial charge in [-0.3, -0.25) is 0 Å². The van der Waals surface area contributed by atoms with Crippen molar-refractivity contribution in [2.24, 2.45) is 0 Å². The Morgan fingerprint density at radius 3 is 1.93 bits per heavy atom. The lowest BCUT2D eigenvalue weighted by Crippen LogP contribution is -2.15. The summed E-state index contributed by atoms with van der Waals surface area (Å²) in [5.74, 6) is 0. The molecule has 2 heterocycles. The highest BCUT2D eigenvalue weighted by Crippen LogP contribution is 2.52. The number of hydrogen-bond donors (Lipinski definition) is 0. The molecule has 0 atom stereocenters. The van der Waals surface area contributed by atoms with Gasteiger partial charge in [0.1, 0.15) is 22.3 Å². The van der Waals surface area contributed by atoms with E-state index in [1.807, 2.05) is 42.5 Å². The van der Waals surface area contributed by atoms with Crippen molar-refractivity contribution in [1.29, 1.82) is 5.26 Å². The molecule has 3 heteroatoms. The Balaban J connectivity index is 1.26. The van der Waals surface area contributed by atoms with Gasteiger partial charge >= 0.3 is 0 Å². The van der Waals surface area contributed by atoms with E-state index in [4.69, 9.17) is 8.83 Å². The zero-order valence-corrected chi connectivity index (χ0v) is 23.7. The van der Waals surface area contributed by atoms with Crippen LogP contribution in [0.5, 0.6) is 0 Å². The predicted molar refractivity (Wildman–Crippen MR) is 174 cm³/mol. The Hall–Kier alpha value is -5.59. The van der Waals surface area contributed by atoms with Crippen molar-refractivity contribution >= 4 is 43.9 Å². The number of furan rings is 2. The molecule has 0 N–H and O–H groups in total. The lowest BCUT2D eigenvalue weighted by atomic mass is 9.80. The predicted octanol–water partition coefficient (Wildman–Crippen LogP) is 11.0. The largest absolute Gasteiger partial charge is 0.455 e. The van der Waals surface area contributed by atoms with Gasteiger partial charge in [-0.25, -0.2) is 0 Å². The molecule has 0 spiro atoms. The minimum Gasteiger partial charge on any atom is -0.455 e. The van der Waals surface area contributed by atoms with Gasteiger partial charge in [-0.1, -0.05) is 86.6 Å². The summed E-state index contributed by atoms with van der Waals surface area (Å²) in [7, 11) is 0. The molecule has 2 aromatic heterocycles. The fraction of sp³-hybridized carbons (Fsp3) is 0.0750. The number of hydrogen-bond acceptors (Lipinski definition) is 3. The van der Waals surface area contributed by atoms with Crippen LogP contribution in [0.15, 0.2) is 124 Å². The molecule has 0 radical (unpaired) electrons. The zero-order valence-electron chi connectivity index (χ0n) is 23.7. The van der Waals surface area contributed by atoms with Crippen LogP contribution in [0.25, 0.3) is 77.3 Å². The van der Waals surface area contributed by atoms with Gasteiger partial charge in [-0.15, -0.1) is 0 Å². The van der Waals surface area contributed by atoms with E-state index in [1.165, 1.54) is 22.3 Å². The van der Waals surface area contributed by atoms with Gasteiger partial charge in [-0.2, -0.15) is 5.26 Å². The van der Waals surface area contributed by atoms with Crippen LogP contribution in [-0.4, -0.2) is 0 Å². The van der Waals surface area contributed by atoms with Crippen LogP contribution in [0, 0.1) is 11.3 Å². The molecular weight excluding hydrogens is 526 g/mol. The normalized spacial score (nSPS) is 13.5. The fourth-order valence-electron chi connectivity index (χ4n) is 7.13. The van der Waals surface area contributed by atoms with Crippen molar-refractivity contribution in [2.45, 2.75) is 19.3 Å². The minimum atomic E-state index is -0.205. The monoisotopic (exact) mass is 551 g/mol. The van der Waals surface area contributed by atoms with Gasteiger partial charge in [0.2, 0.25) is 0 Å². The second-order valence-electron chi connectivity index (χ2n) is 12.0. The van der Waals surface area contributed by atoms with Gasteiger partial charge in [0, 0.05) is 27.1 Å². The van der Waals surface area contributed by atoms with E-state index >= 15 is 0 Å². The standard InChI is InChI=1S/C40H25NO2/c1-40(2)33-19-25(24-9-7-8-23(18-24)22-41)14-16-27(33)28-17-15-26(20-34(28)40)31-21-32-29-10-3-5-12-35(29)42-39(32)37-30-11-4-6-13-36(30)43-38(31)37/h3-21H,1-2H3. The quantitative estimate of drug-likeness (QED) is 0.215. The summed E-state index contributed by atoms with van der Waals surface area (Å²) in [6.07, 6.45) is 0. The summed E-state index contributed by atoms with van der Waals surface area (Å²) in [6, 6.07) is 42.3. The third kappa shape index (κ3) is 3.29. The molecule has 0 unspecified atom stereocenters. The summed E-state index contributed by atoms with van der Waals surface area (Å²) in [5.41, 5.74) is 13.4. The van der Waals surface area contributed by atoms with Crippen LogP contribution < -0.4 is 0 Å².